The largest absolute Gasteiger partial charge is 0.342 e. The molecule has 1 N–H and O–H groups in total. The summed E-state index contributed by atoms with van der Waals surface area (Å²) in [5, 5.41) is 6.86. The van der Waals surface area contributed by atoms with Gasteiger partial charge in [-0.15, -0.1) is 22.7 Å². The normalized spacial score (nSPS) is 14.6. The van der Waals surface area contributed by atoms with Gasteiger partial charge in [-0.05, 0) is 54.3 Å². The monoisotopic (exact) mass is 461 g/mol. The number of carbonyl (C=O) groups excluding carboxylic acids is 2. The topological polar surface area (TPSA) is 62.3 Å². The highest BCUT2D eigenvalue weighted by atomic mass is 32.1. The van der Waals surface area contributed by atoms with E-state index in [9.17, 15) is 18.4 Å². The Morgan fingerprint density at radius 2 is 1.94 bits per heavy atom. The summed E-state index contributed by atoms with van der Waals surface area (Å²) >= 11 is 2.66. The molecule has 0 bridgehead atoms. The molecule has 2 amide bonds. The number of aromatic nitrogens is 1. The predicted octanol–water partition coefficient (Wildman–Crippen LogP) is 4.76. The Hall–Kier alpha value is -2.65. The van der Waals surface area contributed by atoms with E-state index in [2.05, 4.69) is 10.3 Å². The van der Waals surface area contributed by atoms with Gasteiger partial charge < -0.3 is 4.90 Å². The lowest BCUT2D eigenvalue weighted by molar-refractivity contribution is -0.131. The second-order valence-electron chi connectivity index (χ2n) is 7.53. The van der Waals surface area contributed by atoms with Crippen molar-refractivity contribution in [1.29, 1.82) is 0 Å². The molecular weight excluding hydrogens is 440 g/mol. The molecular formula is C22H21F2N3O2S2. The van der Waals surface area contributed by atoms with Crippen molar-refractivity contribution in [3.63, 3.8) is 0 Å². The van der Waals surface area contributed by atoms with E-state index in [0.29, 0.717) is 41.1 Å². The number of nitrogens with zero attached hydrogens (tertiary/aromatic N) is 2. The van der Waals surface area contributed by atoms with E-state index in [4.69, 9.17) is 0 Å². The van der Waals surface area contributed by atoms with Crippen LogP contribution in [0.15, 0.2) is 41.1 Å². The molecule has 0 spiro atoms. The summed E-state index contributed by atoms with van der Waals surface area (Å²) in [5.41, 5.74) is 1.42. The van der Waals surface area contributed by atoms with Crippen molar-refractivity contribution in [3.05, 3.63) is 68.9 Å². The lowest BCUT2D eigenvalue weighted by Gasteiger charge is -2.32. The zero-order valence-electron chi connectivity index (χ0n) is 16.6. The first kappa shape index (κ1) is 21.6. The van der Waals surface area contributed by atoms with Gasteiger partial charge in [0, 0.05) is 18.5 Å². The minimum atomic E-state index is -0.833. The zero-order chi connectivity index (χ0) is 21.8. The molecule has 3 aromatic rings. The summed E-state index contributed by atoms with van der Waals surface area (Å²) in [6.07, 6.45) is 2.52. The van der Waals surface area contributed by atoms with Crippen LogP contribution in [-0.4, -0.2) is 34.8 Å². The Kier molecular flexibility index (Phi) is 6.72. The van der Waals surface area contributed by atoms with Gasteiger partial charge in [0.15, 0.2) is 16.8 Å². The van der Waals surface area contributed by atoms with E-state index in [1.807, 2.05) is 16.3 Å². The van der Waals surface area contributed by atoms with Gasteiger partial charge in [-0.3, -0.25) is 14.9 Å². The number of carbonyl (C=O) groups is 2. The number of amides is 2. The maximum absolute atomic E-state index is 13.4. The molecule has 1 aromatic carbocycles. The lowest BCUT2D eigenvalue weighted by atomic mass is 9.90. The third kappa shape index (κ3) is 5.54. The third-order valence-corrected chi connectivity index (χ3v) is 7.00. The molecule has 4 rings (SSSR count). The van der Waals surface area contributed by atoms with Crippen LogP contribution in [0.4, 0.5) is 13.9 Å². The zero-order valence-corrected chi connectivity index (χ0v) is 18.3. The maximum atomic E-state index is 13.4. The number of hydrogen-bond donors (Lipinski definition) is 1. The van der Waals surface area contributed by atoms with Crippen molar-refractivity contribution in [2.24, 2.45) is 5.92 Å². The minimum Gasteiger partial charge on any atom is -0.342 e. The van der Waals surface area contributed by atoms with Crippen molar-refractivity contribution in [3.8, 4) is 0 Å². The van der Waals surface area contributed by atoms with Crippen molar-refractivity contribution in [1.82, 2.24) is 9.88 Å². The number of thiazole rings is 1. The van der Waals surface area contributed by atoms with E-state index in [-0.39, 0.29) is 18.2 Å². The molecule has 3 heterocycles. The van der Waals surface area contributed by atoms with Crippen LogP contribution < -0.4 is 5.32 Å². The number of anilines is 1. The highest BCUT2D eigenvalue weighted by Gasteiger charge is 2.24. The van der Waals surface area contributed by atoms with Gasteiger partial charge in [-0.25, -0.2) is 13.8 Å². The van der Waals surface area contributed by atoms with Gasteiger partial charge in [0.25, 0.3) is 5.91 Å². The quantitative estimate of drug-likeness (QED) is 0.576. The van der Waals surface area contributed by atoms with Crippen LogP contribution in [0.2, 0.25) is 0 Å². The van der Waals surface area contributed by atoms with Crippen LogP contribution >= 0.6 is 22.7 Å². The van der Waals surface area contributed by atoms with Gasteiger partial charge in [0.1, 0.15) is 0 Å². The first-order valence-electron chi connectivity index (χ1n) is 9.99. The third-order valence-electron chi connectivity index (χ3n) is 5.33. The first-order chi connectivity index (χ1) is 15.0. The van der Waals surface area contributed by atoms with E-state index < -0.39 is 11.6 Å². The van der Waals surface area contributed by atoms with Gasteiger partial charge >= 0.3 is 0 Å². The number of halogens is 2. The average molecular weight is 462 g/mol. The van der Waals surface area contributed by atoms with Crippen molar-refractivity contribution in [2.75, 3.05) is 18.4 Å². The highest BCUT2D eigenvalue weighted by molar-refractivity contribution is 7.14. The molecule has 5 nitrogen and oxygen atoms in total. The fraction of sp³-hybridized carbons (Fsp3) is 0.318. The van der Waals surface area contributed by atoms with E-state index in [1.54, 1.807) is 17.5 Å². The molecule has 0 aliphatic carbocycles. The summed E-state index contributed by atoms with van der Waals surface area (Å²) in [6.45, 7) is 1.28. The molecule has 1 aliphatic rings. The number of nitrogens with one attached hydrogen (secondary N) is 1. The molecule has 2 aromatic heterocycles. The Bertz CT molecular complexity index is 1060. The van der Waals surface area contributed by atoms with E-state index >= 15 is 0 Å². The lowest BCUT2D eigenvalue weighted by Crippen LogP contribution is -2.39. The van der Waals surface area contributed by atoms with Gasteiger partial charge in [-0.2, -0.15) is 0 Å². The van der Waals surface area contributed by atoms with Crippen molar-refractivity contribution in [2.45, 2.75) is 25.7 Å². The molecule has 31 heavy (non-hydrogen) atoms. The van der Waals surface area contributed by atoms with Crippen LogP contribution in [0.1, 0.15) is 33.8 Å². The minimum absolute atomic E-state index is 0.00714. The fourth-order valence-electron chi connectivity index (χ4n) is 3.67. The Labute approximate surface area is 186 Å². The number of piperidine rings is 1. The number of hydrogen-bond acceptors (Lipinski definition) is 5. The summed E-state index contributed by atoms with van der Waals surface area (Å²) in [5.74, 6) is -1.51. The number of benzene rings is 1. The van der Waals surface area contributed by atoms with Crippen LogP contribution in [-0.2, 0) is 17.6 Å². The van der Waals surface area contributed by atoms with E-state index in [1.165, 1.54) is 28.7 Å². The molecule has 0 unspecified atom stereocenters. The molecule has 1 saturated heterocycles. The predicted molar refractivity (Wildman–Crippen MR) is 117 cm³/mol. The highest BCUT2D eigenvalue weighted by Crippen LogP contribution is 2.24. The van der Waals surface area contributed by atoms with Crippen molar-refractivity contribution >= 4 is 39.6 Å². The molecule has 1 aliphatic heterocycles. The van der Waals surface area contributed by atoms with E-state index in [0.717, 1.165) is 24.5 Å². The molecule has 0 atom stereocenters. The maximum Gasteiger partial charge on any atom is 0.267 e. The van der Waals surface area contributed by atoms with Gasteiger partial charge in [0.2, 0.25) is 5.91 Å². The van der Waals surface area contributed by atoms with Gasteiger partial charge in [-0.1, -0.05) is 12.1 Å². The smallest absolute Gasteiger partial charge is 0.267 e. The van der Waals surface area contributed by atoms with Crippen LogP contribution in [0.5, 0.6) is 0 Å². The second-order valence-corrected chi connectivity index (χ2v) is 9.33. The molecule has 0 radical (unpaired) electrons. The molecule has 0 saturated carbocycles. The molecule has 9 heteroatoms. The van der Waals surface area contributed by atoms with Crippen LogP contribution in [0.3, 0.4) is 0 Å². The average Bonchev–Trinajstić information content (AvgIpc) is 3.44. The van der Waals surface area contributed by atoms with Gasteiger partial charge in [0.05, 0.1) is 17.0 Å². The number of likely N-dealkylation sites (tertiary alicyclic amines) is 1. The van der Waals surface area contributed by atoms with Crippen LogP contribution in [0, 0.1) is 17.6 Å². The summed E-state index contributed by atoms with van der Waals surface area (Å²) in [7, 11) is 0. The fourth-order valence-corrected chi connectivity index (χ4v) is 4.99. The summed E-state index contributed by atoms with van der Waals surface area (Å²) < 4.78 is 26.5. The molecule has 1 fully saturated rings. The Morgan fingerprint density at radius 3 is 2.65 bits per heavy atom. The first-order valence-corrected chi connectivity index (χ1v) is 11.7. The Balaban J connectivity index is 1.25. The number of thiophene rings is 1. The second kappa shape index (κ2) is 9.65. The number of rotatable bonds is 6. The Morgan fingerprint density at radius 1 is 1.13 bits per heavy atom. The summed E-state index contributed by atoms with van der Waals surface area (Å²) in [4.78, 5) is 31.5. The SMILES string of the molecule is O=C(Nc1nc(CC(=O)N2CCC(Cc3ccc(F)c(F)c3)CC2)cs1)c1cccs1. The van der Waals surface area contributed by atoms with Crippen LogP contribution in [0.25, 0.3) is 0 Å². The van der Waals surface area contributed by atoms with Crippen molar-refractivity contribution < 1.29 is 18.4 Å². The standard InChI is InChI=1S/C22H21F2N3O2S2/c23-17-4-3-15(11-18(17)24)10-14-5-7-27(8-6-14)20(28)12-16-13-31-22(25-16)26-21(29)19-2-1-9-30-19/h1-4,9,11,13-14H,5-8,10,12H2,(H,25,26,29). The molecule has 162 valence electrons. The summed E-state index contributed by atoms with van der Waals surface area (Å²) in [6, 6.07) is 7.59.